The van der Waals surface area contributed by atoms with Crippen LogP contribution in [0.5, 0.6) is 5.88 Å². The van der Waals surface area contributed by atoms with Gasteiger partial charge in [-0.1, -0.05) is 0 Å². The molecule has 2 fully saturated rings. The Bertz CT molecular complexity index is 1370. The summed E-state index contributed by atoms with van der Waals surface area (Å²) in [5.74, 6) is 0.0852. The summed E-state index contributed by atoms with van der Waals surface area (Å²) in [5.41, 5.74) is 1.63. The molecule has 1 saturated heterocycles. The monoisotopic (exact) mass is 557 g/mol. The first-order valence-electron chi connectivity index (χ1n) is 12.8. The molecule has 1 atom stereocenters. The summed E-state index contributed by atoms with van der Waals surface area (Å²) < 4.78 is 33.0. The second-order valence-electron chi connectivity index (χ2n) is 9.38. The van der Waals surface area contributed by atoms with Crippen molar-refractivity contribution >= 4 is 33.0 Å². The zero-order chi connectivity index (χ0) is 26.5. The summed E-state index contributed by atoms with van der Waals surface area (Å²) in [4.78, 5) is 33.7. The minimum atomic E-state index is -3.41. The standard InChI is InChI=1S/C25H31N7O4S2/c1-2-36-23-16-26-14-21(29-23)22-15-28-25(37-22)24(33)30-19(8-12-32-10-3-4-11-32)20-13-17(7-9-27-20)31-38(34,35)18-5-6-18/h7,9,13-16,18-19H,2-6,8,10-12H2,1H3,(H,27,31)(H,30,33)/t19-/m1/s1. The van der Waals surface area contributed by atoms with Crippen molar-refractivity contribution in [1.82, 2.24) is 30.2 Å². The Hall–Kier alpha value is -3.16. The number of nitrogens with zero attached hydrogens (tertiary/aromatic N) is 5. The van der Waals surface area contributed by atoms with Crippen molar-refractivity contribution in [2.24, 2.45) is 0 Å². The number of sulfonamides is 1. The van der Waals surface area contributed by atoms with Crippen molar-refractivity contribution in [3.8, 4) is 16.5 Å². The Morgan fingerprint density at radius 2 is 2.03 bits per heavy atom. The van der Waals surface area contributed by atoms with E-state index in [2.05, 4.69) is 34.9 Å². The van der Waals surface area contributed by atoms with Crippen LogP contribution < -0.4 is 14.8 Å². The highest BCUT2D eigenvalue weighted by Crippen LogP contribution is 2.31. The molecule has 3 aromatic rings. The van der Waals surface area contributed by atoms with Gasteiger partial charge in [-0.2, -0.15) is 0 Å². The number of anilines is 1. The SMILES string of the molecule is CCOc1cncc(-c2cnc(C(=O)N[C@H](CCN3CCCC3)c3cc(NS(=O)(=O)C4CC4)ccn3)s2)n1. The molecule has 1 aliphatic carbocycles. The maximum absolute atomic E-state index is 13.3. The van der Waals surface area contributed by atoms with E-state index in [4.69, 9.17) is 4.74 Å². The van der Waals surface area contributed by atoms with Gasteiger partial charge in [-0.05, 0) is 64.3 Å². The van der Waals surface area contributed by atoms with Crippen LogP contribution in [0, 0.1) is 0 Å². The lowest BCUT2D eigenvalue weighted by molar-refractivity contribution is 0.0930. The molecule has 5 rings (SSSR count). The molecule has 13 heteroatoms. The third-order valence-electron chi connectivity index (χ3n) is 6.46. The number of rotatable bonds is 12. The topological polar surface area (TPSA) is 139 Å². The molecule has 1 saturated carbocycles. The largest absolute Gasteiger partial charge is 0.477 e. The number of hydrogen-bond donors (Lipinski definition) is 2. The van der Waals surface area contributed by atoms with Gasteiger partial charge in [0.1, 0.15) is 5.69 Å². The molecular weight excluding hydrogens is 526 g/mol. The molecule has 2 N–H and O–H groups in total. The normalized spacial score (nSPS) is 16.8. The average molecular weight is 558 g/mol. The van der Waals surface area contributed by atoms with Crippen LogP contribution in [0.25, 0.3) is 10.6 Å². The van der Waals surface area contributed by atoms with E-state index in [0.29, 0.717) is 58.7 Å². The lowest BCUT2D eigenvalue weighted by Gasteiger charge is -2.22. The zero-order valence-corrected chi connectivity index (χ0v) is 22.8. The fourth-order valence-corrected chi connectivity index (χ4v) is 6.49. The fraction of sp³-hybridized carbons (Fsp3) is 0.480. The van der Waals surface area contributed by atoms with Crippen molar-refractivity contribution in [3.05, 3.63) is 47.6 Å². The smallest absolute Gasteiger partial charge is 0.280 e. The van der Waals surface area contributed by atoms with E-state index >= 15 is 0 Å². The van der Waals surface area contributed by atoms with Crippen LogP contribution in [-0.4, -0.2) is 70.7 Å². The number of ether oxygens (including phenoxy) is 1. The van der Waals surface area contributed by atoms with E-state index in [1.54, 1.807) is 36.9 Å². The molecule has 2 aliphatic rings. The number of pyridine rings is 1. The van der Waals surface area contributed by atoms with E-state index in [-0.39, 0.29) is 11.2 Å². The van der Waals surface area contributed by atoms with Crippen molar-refractivity contribution in [2.75, 3.05) is 31.0 Å². The molecule has 1 amide bonds. The number of carbonyl (C=O) groups is 1. The predicted octanol–water partition coefficient (Wildman–Crippen LogP) is 3.25. The third-order valence-corrected chi connectivity index (χ3v) is 9.34. The summed E-state index contributed by atoms with van der Waals surface area (Å²) in [6.45, 7) is 5.22. The fourth-order valence-electron chi connectivity index (χ4n) is 4.34. The Kier molecular flexibility index (Phi) is 8.15. The molecule has 0 bridgehead atoms. The first kappa shape index (κ1) is 26.4. The molecule has 0 unspecified atom stereocenters. The first-order chi connectivity index (χ1) is 18.4. The van der Waals surface area contributed by atoms with E-state index in [0.717, 1.165) is 19.6 Å². The van der Waals surface area contributed by atoms with Gasteiger partial charge in [-0.3, -0.25) is 19.5 Å². The summed E-state index contributed by atoms with van der Waals surface area (Å²) >= 11 is 1.22. The predicted molar refractivity (Wildman–Crippen MR) is 145 cm³/mol. The van der Waals surface area contributed by atoms with E-state index in [1.807, 2.05) is 6.92 Å². The van der Waals surface area contributed by atoms with E-state index in [1.165, 1.54) is 24.2 Å². The minimum Gasteiger partial charge on any atom is -0.477 e. The number of amides is 1. The highest BCUT2D eigenvalue weighted by Gasteiger charge is 2.35. The van der Waals surface area contributed by atoms with Gasteiger partial charge in [0.25, 0.3) is 5.91 Å². The summed E-state index contributed by atoms with van der Waals surface area (Å²) in [5, 5.41) is 3.04. The van der Waals surface area contributed by atoms with Gasteiger partial charge in [0.15, 0.2) is 5.01 Å². The summed E-state index contributed by atoms with van der Waals surface area (Å²) in [7, 11) is -3.41. The van der Waals surface area contributed by atoms with Crippen molar-refractivity contribution in [3.63, 3.8) is 0 Å². The maximum atomic E-state index is 13.3. The van der Waals surface area contributed by atoms with Gasteiger partial charge in [0.2, 0.25) is 15.9 Å². The zero-order valence-electron chi connectivity index (χ0n) is 21.2. The van der Waals surface area contributed by atoms with Gasteiger partial charge >= 0.3 is 0 Å². The lowest BCUT2D eigenvalue weighted by Crippen LogP contribution is -2.32. The number of likely N-dealkylation sites (tertiary alicyclic amines) is 1. The summed E-state index contributed by atoms with van der Waals surface area (Å²) in [6.07, 6.45) is 10.7. The quantitative estimate of drug-likeness (QED) is 0.343. The number of thiazole rings is 1. The maximum Gasteiger partial charge on any atom is 0.280 e. The van der Waals surface area contributed by atoms with E-state index < -0.39 is 16.1 Å². The number of aromatic nitrogens is 4. The van der Waals surface area contributed by atoms with Gasteiger partial charge < -0.3 is 15.0 Å². The van der Waals surface area contributed by atoms with Gasteiger partial charge in [-0.15, -0.1) is 11.3 Å². The van der Waals surface area contributed by atoms with Crippen molar-refractivity contribution < 1.29 is 17.9 Å². The molecule has 11 nitrogen and oxygen atoms in total. The van der Waals surface area contributed by atoms with Crippen LogP contribution in [0.15, 0.2) is 36.9 Å². The third kappa shape index (κ3) is 6.63. The Balaban J connectivity index is 1.33. The van der Waals surface area contributed by atoms with Gasteiger partial charge in [0, 0.05) is 18.9 Å². The Labute approximate surface area is 226 Å². The Morgan fingerprint density at radius 3 is 2.79 bits per heavy atom. The number of hydrogen-bond acceptors (Lipinski definition) is 10. The van der Waals surface area contributed by atoms with Crippen molar-refractivity contribution in [1.29, 1.82) is 0 Å². The lowest BCUT2D eigenvalue weighted by atomic mass is 10.1. The Morgan fingerprint density at radius 1 is 1.21 bits per heavy atom. The van der Waals surface area contributed by atoms with Crippen molar-refractivity contribution in [2.45, 2.75) is 50.3 Å². The second kappa shape index (κ2) is 11.7. The van der Waals surface area contributed by atoms with Crippen LogP contribution in [0.1, 0.15) is 60.6 Å². The molecule has 3 aromatic heterocycles. The van der Waals surface area contributed by atoms with Crippen LogP contribution in [-0.2, 0) is 10.0 Å². The van der Waals surface area contributed by atoms with Gasteiger partial charge in [-0.25, -0.2) is 18.4 Å². The number of carbonyl (C=O) groups excluding carboxylic acids is 1. The molecule has 0 spiro atoms. The second-order valence-corrected chi connectivity index (χ2v) is 12.4. The number of nitrogens with one attached hydrogen (secondary N) is 2. The van der Waals surface area contributed by atoms with Crippen LogP contribution >= 0.6 is 11.3 Å². The van der Waals surface area contributed by atoms with E-state index in [9.17, 15) is 13.2 Å². The first-order valence-corrected chi connectivity index (χ1v) is 15.2. The van der Waals surface area contributed by atoms with Crippen LogP contribution in [0.3, 0.4) is 0 Å². The average Bonchev–Trinajstić information content (AvgIpc) is 3.44. The molecule has 1 aliphatic heterocycles. The molecule has 0 aromatic carbocycles. The highest BCUT2D eigenvalue weighted by molar-refractivity contribution is 7.93. The molecule has 4 heterocycles. The molecule has 38 heavy (non-hydrogen) atoms. The van der Waals surface area contributed by atoms with Gasteiger partial charge in [0.05, 0.1) is 46.6 Å². The minimum absolute atomic E-state index is 0.292. The molecular formula is C25H31N7O4S2. The van der Waals surface area contributed by atoms with Crippen LogP contribution in [0.4, 0.5) is 5.69 Å². The highest BCUT2D eigenvalue weighted by atomic mass is 32.2. The molecule has 0 radical (unpaired) electrons. The molecule has 202 valence electrons. The van der Waals surface area contributed by atoms with Crippen LogP contribution in [0.2, 0.25) is 0 Å². The summed E-state index contributed by atoms with van der Waals surface area (Å²) in [6, 6.07) is 2.92.